The first-order chi connectivity index (χ1) is 6.93. The molecule has 4 heteroatoms. The van der Waals surface area contributed by atoms with Crippen LogP contribution in [0.15, 0.2) is 24.3 Å². The van der Waals surface area contributed by atoms with Crippen LogP contribution in [0.25, 0.3) is 0 Å². The summed E-state index contributed by atoms with van der Waals surface area (Å²) >= 11 is 0. The summed E-state index contributed by atoms with van der Waals surface area (Å²) in [6.07, 6.45) is -3.62. The Kier molecular flexibility index (Phi) is 3.74. The topological polar surface area (TPSA) is 9.23 Å². The van der Waals surface area contributed by atoms with Crippen LogP contribution in [0.3, 0.4) is 0 Å². The van der Waals surface area contributed by atoms with Crippen molar-refractivity contribution in [2.45, 2.75) is 25.6 Å². The molecule has 0 fully saturated rings. The maximum Gasteiger partial charge on any atom is 0.416 e. The smallest absolute Gasteiger partial charge is 0.381 e. The van der Waals surface area contributed by atoms with E-state index in [1.54, 1.807) is 7.11 Å². The molecule has 1 nitrogen and oxygen atoms in total. The average Bonchev–Trinajstić information content (AvgIpc) is 2.17. The van der Waals surface area contributed by atoms with E-state index in [9.17, 15) is 13.2 Å². The van der Waals surface area contributed by atoms with E-state index in [1.807, 2.05) is 6.92 Å². The van der Waals surface area contributed by atoms with Crippen LogP contribution in [0.1, 0.15) is 18.1 Å². The first kappa shape index (κ1) is 12.0. The van der Waals surface area contributed by atoms with E-state index in [-0.39, 0.29) is 6.10 Å². The van der Waals surface area contributed by atoms with Crippen molar-refractivity contribution in [3.05, 3.63) is 35.4 Å². The van der Waals surface area contributed by atoms with Gasteiger partial charge in [-0.2, -0.15) is 13.2 Å². The lowest BCUT2D eigenvalue weighted by Crippen LogP contribution is -2.09. The fraction of sp³-hybridized carbons (Fsp3) is 0.455. The Labute approximate surface area is 86.9 Å². The lowest BCUT2D eigenvalue weighted by atomic mass is 10.1. The molecule has 0 amide bonds. The van der Waals surface area contributed by atoms with Gasteiger partial charge in [0.15, 0.2) is 0 Å². The number of benzene rings is 1. The fourth-order valence-electron chi connectivity index (χ4n) is 1.25. The van der Waals surface area contributed by atoms with Crippen LogP contribution in [-0.2, 0) is 17.3 Å². The van der Waals surface area contributed by atoms with Gasteiger partial charge in [-0.3, -0.25) is 0 Å². The van der Waals surface area contributed by atoms with Crippen molar-refractivity contribution in [1.82, 2.24) is 0 Å². The minimum absolute atomic E-state index is 0.0155. The molecule has 0 spiro atoms. The number of halogens is 3. The number of ether oxygens (including phenoxy) is 1. The van der Waals surface area contributed by atoms with Gasteiger partial charge < -0.3 is 4.74 Å². The van der Waals surface area contributed by atoms with Crippen LogP contribution in [-0.4, -0.2) is 13.2 Å². The molecular weight excluding hydrogens is 205 g/mol. The molecule has 0 saturated heterocycles. The van der Waals surface area contributed by atoms with Crippen LogP contribution in [0, 0.1) is 0 Å². The molecule has 0 bridgehead atoms. The molecule has 15 heavy (non-hydrogen) atoms. The Balaban J connectivity index is 2.73. The van der Waals surface area contributed by atoms with Crippen LogP contribution < -0.4 is 0 Å². The molecule has 1 aromatic rings. The Morgan fingerprint density at radius 2 is 1.73 bits per heavy atom. The summed E-state index contributed by atoms with van der Waals surface area (Å²) in [5, 5.41) is 0. The molecule has 1 unspecified atom stereocenters. The molecule has 0 saturated carbocycles. The second kappa shape index (κ2) is 4.66. The van der Waals surface area contributed by atoms with Crippen molar-refractivity contribution in [3.8, 4) is 0 Å². The fourth-order valence-corrected chi connectivity index (χ4v) is 1.25. The largest absolute Gasteiger partial charge is 0.416 e. The highest BCUT2D eigenvalue weighted by molar-refractivity contribution is 5.24. The van der Waals surface area contributed by atoms with Crippen molar-refractivity contribution in [2.24, 2.45) is 0 Å². The monoisotopic (exact) mass is 218 g/mol. The second-order valence-electron chi connectivity index (χ2n) is 3.45. The summed E-state index contributed by atoms with van der Waals surface area (Å²) in [6.45, 7) is 1.87. The third-order valence-electron chi connectivity index (χ3n) is 2.21. The zero-order valence-corrected chi connectivity index (χ0v) is 8.64. The summed E-state index contributed by atoms with van der Waals surface area (Å²) in [5.74, 6) is 0. The highest BCUT2D eigenvalue weighted by atomic mass is 19.4. The molecule has 0 aromatic heterocycles. The van der Waals surface area contributed by atoms with E-state index >= 15 is 0 Å². The van der Waals surface area contributed by atoms with E-state index < -0.39 is 11.7 Å². The van der Waals surface area contributed by atoms with Crippen molar-refractivity contribution < 1.29 is 17.9 Å². The lowest BCUT2D eigenvalue weighted by Gasteiger charge is -2.10. The molecule has 0 aliphatic rings. The van der Waals surface area contributed by atoms with Gasteiger partial charge in [-0.1, -0.05) is 12.1 Å². The summed E-state index contributed by atoms with van der Waals surface area (Å²) in [7, 11) is 1.58. The first-order valence-corrected chi connectivity index (χ1v) is 4.62. The van der Waals surface area contributed by atoms with Gasteiger partial charge >= 0.3 is 6.18 Å². The molecule has 1 aromatic carbocycles. The minimum atomic E-state index is -4.26. The standard InChI is InChI=1S/C11H13F3O/c1-8(15-2)7-9-3-5-10(6-4-9)11(12,13)14/h3-6,8H,7H2,1-2H3. The van der Waals surface area contributed by atoms with Gasteiger partial charge in [-0.15, -0.1) is 0 Å². The summed E-state index contributed by atoms with van der Waals surface area (Å²) in [6, 6.07) is 5.16. The maximum atomic E-state index is 12.2. The quantitative estimate of drug-likeness (QED) is 0.756. The second-order valence-corrected chi connectivity index (χ2v) is 3.45. The number of rotatable bonds is 3. The average molecular weight is 218 g/mol. The zero-order chi connectivity index (χ0) is 11.5. The molecule has 0 aliphatic heterocycles. The molecule has 84 valence electrons. The van der Waals surface area contributed by atoms with Gasteiger partial charge in [0, 0.05) is 7.11 Å². The van der Waals surface area contributed by atoms with Crippen molar-refractivity contribution in [3.63, 3.8) is 0 Å². The SMILES string of the molecule is COC(C)Cc1ccc(C(F)(F)F)cc1. The molecular formula is C11H13F3O. The summed E-state index contributed by atoms with van der Waals surface area (Å²) in [4.78, 5) is 0. The number of methoxy groups -OCH3 is 1. The van der Waals surface area contributed by atoms with Crippen LogP contribution in [0.5, 0.6) is 0 Å². The highest BCUT2D eigenvalue weighted by Crippen LogP contribution is 2.29. The lowest BCUT2D eigenvalue weighted by molar-refractivity contribution is -0.137. The molecule has 1 atom stereocenters. The molecule has 0 aliphatic carbocycles. The summed E-state index contributed by atoms with van der Waals surface area (Å²) < 4.78 is 41.7. The van der Waals surface area contributed by atoms with Crippen LogP contribution in [0.2, 0.25) is 0 Å². The Hall–Kier alpha value is -1.03. The van der Waals surface area contributed by atoms with Gasteiger partial charge in [0.05, 0.1) is 11.7 Å². The predicted octanol–water partition coefficient (Wildman–Crippen LogP) is 3.28. The van der Waals surface area contributed by atoms with Crippen molar-refractivity contribution >= 4 is 0 Å². The van der Waals surface area contributed by atoms with Crippen molar-refractivity contribution in [1.29, 1.82) is 0 Å². The van der Waals surface area contributed by atoms with Crippen LogP contribution >= 0.6 is 0 Å². The van der Waals surface area contributed by atoms with E-state index in [2.05, 4.69) is 0 Å². The Morgan fingerprint density at radius 3 is 2.13 bits per heavy atom. The predicted molar refractivity (Wildman–Crippen MR) is 51.6 cm³/mol. The van der Waals surface area contributed by atoms with Gasteiger partial charge in [0.2, 0.25) is 0 Å². The van der Waals surface area contributed by atoms with E-state index in [0.29, 0.717) is 6.42 Å². The first-order valence-electron chi connectivity index (χ1n) is 4.62. The van der Waals surface area contributed by atoms with Crippen LogP contribution in [0.4, 0.5) is 13.2 Å². The number of hydrogen-bond acceptors (Lipinski definition) is 1. The van der Waals surface area contributed by atoms with Gasteiger partial charge in [-0.25, -0.2) is 0 Å². The van der Waals surface area contributed by atoms with E-state index in [4.69, 9.17) is 4.74 Å². The minimum Gasteiger partial charge on any atom is -0.381 e. The maximum absolute atomic E-state index is 12.2. The Bertz CT molecular complexity index is 303. The Morgan fingerprint density at radius 1 is 1.20 bits per heavy atom. The molecule has 0 radical (unpaired) electrons. The van der Waals surface area contributed by atoms with E-state index in [0.717, 1.165) is 17.7 Å². The highest BCUT2D eigenvalue weighted by Gasteiger charge is 2.29. The molecule has 0 heterocycles. The zero-order valence-electron chi connectivity index (χ0n) is 8.64. The third-order valence-corrected chi connectivity index (χ3v) is 2.21. The number of alkyl halides is 3. The molecule has 0 N–H and O–H groups in total. The normalized spacial score (nSPS) is 13.9. The van der Waals surface area contributed by atoms with Gasteiger partial charge in [0.1, 0.15) is 0 Å². The van der Waals surface area contributed by atoms with Gasteiger partial charge in [-0.05, 0) is 31.0 Å². The molecule has 1 rings (SSSR count). The van der Waals surface area contributed by atoms with Gasteiger partial charge in [0.25, 0.3) is 0 Å². The third kappa shape index (κ3) is 3.55. The van der Waals surface area contributed by atoms with Crippen molar-refractivity contribution in [2.75, 3.05) is 7.11 Å². The summed E-state index contributed by atoms with van der Waals surface area (Å²) in [5.41, 5.74) is 0.230. The van der Waals surface area contributed by atoms with E-state index in [1.165, 1.54) is 12.1 Å². The number of hydrogen-bond donors (Lipinski definition) is 0.